The molecule has 19 heavy (non-hydrogen) atoms. The Morgan fingerprint density at radius 2 is 2.26 bits per heavy atom. The third-order valence-electron chi connectivity index (χ3n) is 2.96. The number of aromatic carboxylic acids is 1. The van der Waals surface area contributed by atoms with Crippen molar-refractivity contribution in [1.82, 2.24) is 14.8 Å². The minimum absolute atomic E-state index is 0.290. The molecule has 0 radical (unpaired) electrons. The predicted molar refractivity (Wildman–Crippen MR) is 71.3 cm³/mol. The highest BCUT2D eigenvalue weighted by Crippen LogP contribution is 2.20. The van der Waals surface area contributed by atoms with Crippen molar-refractivity contribution in [3.8, 4) is 0 Å². The molecule has 0 bridgehead atoms. The average Bonchev–Trinajstić information content (AvgIpc) is 2.77. The minimum Gasteiger partial charge on any atom is -0.478 e. The number of anilines is 1. The Hall–Kier alpha value is -2.37. The molecule has 1 aromatic heterocycles. The zero-order valence-electron chi connectivity index (χ0n) is 10.9. The number of carbonyl (C=O) groups is 1. The van der Waals surface area contributed by atoms with E-state index in [-0.39, 0.29) is 5.56 Å². The van der Waals surface area contributed by atoms with Gasteiger partial charge in [0.1, 0.15) is 12.2 Å². The molecule has 2 aromatic rings. The first kappa shape index (κ1) is 13.1. The van der Waals surface area contributed by atoms with Crippen molar-refractivity contribution < 1.29 is 9.90 Å². The molecule has 0 aliphatic carbocycles. The number of nitrogens with zero attached hydrogens (tertiary/aromatic N) is 3. The van der Waals surface area contributed by atoms with E-state index in [2.05, 4.69) is 15.5 Å². The van der Waals surface area contributed by atoms with Gasteiger partial charge in [-0.25, -0.2) is 4.79 Å². The fourth-order valence-corrected chi connectivity index (χ4v) is 1.91. The van der Waals surface area contributed by atoms with Crippen molar-refractivity contribution >= 4 is 11.7 Å². The van der Waals surface area contributed by atoms with E-state index in [9.17, 15) is 4.79 Å². The monoisotopic (exact) mass is 260 g/mol. The zero-order chi connectivity index (χ0) is 13.8. The molecule has 1 heterocycles. The van der Waals surface area contributed by atoms with Crippen molar-refractivity contribution in [2.45, 2.75) is 13.3 Å². The van der Waals surface area contributed by atoms with Gasteiger partial charge in [0.15, 0.2) is 0 Å². The van der Waals surface area contributed by atoms with Crippen LogP contribution in [-0.2, 0) is 13.5 Å². The number of aryl methyl sites for hydroxylation is 2. The van der Waals surface area contributed by atoms with Gasteiger partial charge in [-0.3, -0.25) is 0 Å². The number of carboxylic acid groups (broad SMARTS) is 1. The van der Waals surface area contributed by atoms with E-state index in [1.807, 2.05) is 24.6 Å². The van der Waals surface area contributed by atoms with Gasteiger partial charge in [0.2, 0.25) is 0 Å². The number of nitrogens with one attached hydrogen (secondary N) is 1. The summed E-state index contributed by atoms with van der Waals surface area (Å²) in [5.41, 5.74) is 1.87. The van der Waals surface area contributed by atoms with E-state index in [1.54, 1.807) is 18.5 Å². The third-order valence-corrected chi connectivity index (χ3v) is 2.96. The lowest BCUT2D eigenvalue weighted by atomic mass is 10.1. The number of para-hydroxylation sites is 1. The van der Waals surface area contributed by atoms with Crippen LogP contribution >= 0.6 is 0 Å². The SMILES string of the molecule is Cc1cccc(C(=O)O)c1NCCc1nncn1C. The summed E-state index contributed by atoms with van der Waals surface area (Å²) >= 11 is 0. The van der Waals surface area contributed by atoms with Crippen LogP contribution in [0.25, 0.3) is 0 Å². The molecule has 0 fully saturated rings. The number of hydrogen-bond donors (Lipinski definition) is 2. The van der Waals surface area contributed by atoms with Crippen LogP contribution in [0.5, 0.6) is 0 Å². The molecule has 2 rings (SSSR count). The molecule has 0 unspecified atom stereocenters. The van der Waals surface area contributed by atoms with E-state index < -0.39 is 5.97 Å². The zero-order valence-corrected chi connectivity index (χ0v) is 10.9. The molecule has 100 valence electrons. The van der Waals surface area contributed by atoms with Gasteiger partial charge in [-0.15, -0.1) is 10.2 Å². The van der Waals surface area contributed by atoms with Crippen molar-refractivity contribution in [2.75, 3.05) is 11.9 Å². The maximum absolute atomic E-state index is 11.2. The van der Waals surface area contributed by atoms with Gasteiger partial charge < -0.3 is 15.0 Å². The summed E-state index contributed by atoms with van der Waals surface area (Å²) in [6.45, 7) is 2.49. The molecule has 0 aliphatic rings. The van der Waals surface area contributed by atoms with E-state index in [1.165, 1.54) is 0 Å². The van der Waals surface area contributed by atoms with Crippen LogP contribution in [0.15, 0.2) is 24.5 Å². The van der Waals surface area contributed by atoms with Gasteiger partial charge in [0.05, 0.1) is 11.3 Å². The fraction of sp³-hybridized carbons (Fsp3) is 0.308. The second kappa shape index (κ2) is 5.51. The fourth-order valence-electron chi connectivity index (χ4n) is 1.91. The first-order valence-electron chi connectivity index (χ1n) is 5.99. The Bertz CT molecular complexity index is 592. The second-order valence-electron chi connectivity index (χ2n) is 4.34. The van der Waals surface area contributed by atoms with Crippen LogP contribution in [0, 0.1) is 6.92 Å². The van der Waals surface area contributed by atoms with Gasteiger partial charge in [0, 0.05) is 20.0 Å². The van der Waals surface area contributed by atoms with Crippen LogP contribution in [0.4, 0.5) is 5.69 Å². The van der Waals surface area contributed by atoms with Gasteiger partial charge in [-0.05, 0) is 18.6 Å². The largest absolute Gasteiger partial charge is 0.478 e. The topological polar surface area (TPSA) is 80.0 Å². The number of aromatic nitrogens is 3. The minimum atomic E-state index is -0.926. The van der Waals surface area contributed by atoms with Gasteiger partial charge in [-0.1, -0.05) is 12.1 Å². The summed E-state index contributed by atoms with van der Waals surface area (Å²) < 4.78 is 1.84. The van der Waals surface area contributed by atoms with Crippen molar-refractivity contribution in [1.29, 1.82) is 0 Å². The molecular formula is C13H16N4O2. The normalized spacial score (nSPS) is 10.4. The molecule has 6 heteroatoms. The first-order chi connectivity index (χ1) is 9.09. The number of carboxylic acids is 1. The van der Waals surface area contributed by atoms with E-state index >= 15 is 0 Å². The molecule has 0 aliphatic heterocycles. The van der Waals surface area contributed by atoms with Gasteiger partial charge in [-0.2, -0.15) is 0 Å². The van der Waals surface area contributed by atoms with E-state index in [0.717, 1.165) is 11.4 Å². The molecular weight excluding hydrogens is 244 g/mol. The molecule has 0 spiro atoms. The summed E-state index contributed by atoms with van der Waals surface area (Å²) in [5, 5.41) is 20.1. The first-order valence-corrected chi connectivity index (χ1v) is 5.99. The highest BCUT2D eigenvalue weighted by molar-refractivity contribution is 5.95. The Balaban J connectivity index is 2.07. The lowest BCUT2D eigenvalue weighted by Crippen LogP contribution is -2.12. The second-order valence-corrected chi connectivity index (χ2v) is 4.34. The van der Waals surface area contributed by atoms with Gasteiger partial charge in [0.25, 0.3) is 0 Å². The highest BCUT2D eigenvalue weighted by Gasteiger charge is 2.11. The smallest absolute Gasteiger partial charge is 0.337 e. The Labute approximate surface area is 111 Å². The van der Waals surface area contributed by atoms with Crippen molar-refractivity contribution in [3.05, 3.63) is 41.5 Å². The summed E-state index contributed by atoms with van der Waals surface area (Å²) in [6, 6.07) is 5.23. The maximum Gasteiger partial charge on any atom is 0.337 e. The van der Waals surface area contributed by atoms with Crippen LogP contribution in [0.1, 0.15) is 21.7 Å². The van der Waals surface area contributed by atoms with Crippen LogP contribution in [-0.4, -0.2) is 32.4 Å². The van der Waals surface area contributed by atoms with Crippen molar-refractivity contribution in [3.63, 3.8) is 0 Å². The Morgan fingerprint density at radius 3 is 2.89 bits per heavy atom. The predicted octanol–water partition coefficient (Wildman–Crippen LogP) is 1.48. The summed E-state index contributed by atoms with van der Waals surface area (Å²) in [4.78, 5) is 11.2. The van der Waals surface area contributed by atoms with E-state index in [0.29, 0.717) is 18.7 Å². The number of benzene rings is 1. The highest BCUT2D eigenvalue weighted by atomic mass is 16.4. The van der Waals surface area contributed by atoms with Crippen molar-refractivity contribution in [2.24, 2.45) is 7.05 Å². The molecule has 1 aromatic carbocycles. The number of rotatable bonds is 5. The molecule has 0 saturated carbocycles. The third kappa shape index (κ3) is 2.90. The summed E-state index contributed by atoms with van der Waals surface area (Å²) in [5.74, 6) is -0.0668. The molecule has 2 N–H and O–H groups in total. The molecule has 0 amide bonds. The molecule has 6 nitrogen and oxygen atoms in total. The molecule has 0 atom stereocenters. The van der Waals surface area contributed by atoms with Crippen LogP contribution < -0.4 is 5.32 Å². The van der Waals surface area contributed by atoms with Crippen LogP contribution in [0.2, 0.25) is 0 Å². The van der Waals surface area contributed by atoms with Crippen LogP contribution in [0.3, 0.4) is 0 Å². The maximum atomic E-state index is 11.2. The van der Waals surface area contributed by atoms with E-state index in [4.69, 9.17) is 5.11 Å². The Morgan fingerprint density at radius 1 is 1.47 bits per heavy atom. The Kier molecular flexibility index (Phi) is 3.79. The number of hydrogen-bond acceptors (Lipinski definition) is 4. The lowest BCUT2D eigenvalue weighted by Gasteiger charge is -2.12. The van der Waals surface area contributed by atoms with Gasteiger partial charge >= 0.3 is 5.97 Å². The standard InChI is InChI=1S/C13H16N4O2/c1-9-4-3-5-10(13(18)19)12(9)14-7-6-11-16-15-8-17(11)2/h3-5,8,14H,6-7H2,1-2H3,(H,18,19). The average molecular weight is 260 g/mol. The summed E-state index contributed by atoms with van der Waals surface area (Å²) in [6.07, 6.45) is 2.33. The summed E-state index contributed by atoms with van der Waals surface area (Å²) in [7, 11) is 1.88. The quantitative estimate of drug-likeness (QED) is 0.851. The molecule has 0 saturated heterocycles. The lowest BCUT2D eigenvalue weighted by molar-refractivity contribution is 0.0698.